The molecule has 0 heterocycles. The Morgan fingerprint density at radius 2 is 1.95 bits per heavy atom. The van der Waals surface area contributed by atoms with Gasteiger partial charge in [-0.25, -0.2) is 8.78 Å². The predicted molar refractivity (Wildman–Crippen MR) is 71.9 cm³/mol. The summed E-state index contributed by atoms with van der Waals surface area (Å²) in [7, 11) is 0. The van der Waals surface area contributed by atoms with Crippen LogP contribution >= 0.6 is 15.9 Å². The van der Waals surface area contributed by atoms with Crippen LogP contribution in [0.4, 0.5) is 14.5 Å². The Balaban J connectivity index is 2.55. The smallest absolute Gasteiger partial charge is 0.312 e. The number of nitriles is 1. The number of hydrogen-bond donors (Lipinski definition) is 0. The van der Waals surface area contributed by atoms with Gasteiger partial charge in [0.05, 0.1) is 9.40 Å². The van der Waals surface area contributed by atoms with Gasteiger partial charge in [-0.1, -0.05) is 6.07 Å². The Bertz CT molecular complexity index is 775. The molecular formula is C13H5BrF2N2O3. The third-order valence-corrected chi connectivity index (χ3v) is 3.11. The number of rotatable bonds is 3. The van der Waals surface area contributed by atoms with Crippen molar-refractivity contribution in [2.75, 3.05) is 0 Å². The lowest BCUT2D eigenvalue weighted by Gasteiger charge is -2.09. The lowest BCUT2D eigenvalue weighted by molar-refractivity contribution is -0.385. The molecule has 0 bridgehead atoms. The monoisotopic (exact) mass is 354 g/mol. The van der Waals surface area contributed by atoms with Gasteiger partial charge in [0.15, 0.2) is 0 Å². The number of nitro benzene ring substituents is 1. The van der Waals surface area contributed by atoms with Crippen molar-refractivity contribution in [1.82, 2.24) is 0 Å². The minimum atomic E-state index is -0.838. The van der Waals surface area contributed by atoms with E-state index in [1.165, 1.54) is 12.1 Å². The van der Waals surface area contributed by atoms with E-state index in [2.05, 4.69) is 15.9 Å². The van der Waals surface area contributed by atoms with Gasteiger partial charge in [-0.15, -0.1) is 0 Å². The first kappa shape index (κ1) is 14.9. The van der Waals surface area contributed by atoms with E-state index in [1.54, 1.807) is 6.07 Å². The summed E-state index contributed by atoms with van der Waals surface area (Å²) in [5, 5.41) is 19.8. The quantitative estimate of drug-likeness (QED) is 0.608. The summed E-state index contributed by atoms with van der Waals surface area (Å²) in [6.45, 7) is 0. The minimum Gasteiger partial charge on any atom is -0.449 e. The van der Waals surface area contributed by atoms with E-state index in [-0.39, 0.29) is 10.2 Å². The molecular weight excluding hydrogens is 350 g/mol. The van der Waals surface area contributed by atoms with Crippen LogP contribution in [0, 0.1) is 33.1 Å². The molecule has 0 saturated carbocycles. The minimum absolute atomic E-state index is 0.110. The zero-order valence-electron chi connectivity index (χ0n) is 10.1. The summed E-state index contributed by atoms with van der Waals surface area (Å²) in [5.41, 5.74) is -0.938. The molecule has 8 heteroatoms. The zero-order chi connectivity index (χ0) is 15.6. The highest BCUT2D eigenvalue weighted by molar-refractivity contribution is 9.10. The van der Waals surface area contributed by atoms with Crippen LogP contribution in [0.15, 0.2) is 34.8 Å². The highest BCUT2D eigenvalue weighted by Gasteiger charge is 2.21. The molecule has 0 unspecified atom stereocenters. The van der Waals surface area contributed by atoms with Gasteiger partial charge < -0.3 is 4.74 Å². The Labute approximate surface area is 125 Å². The lowest BCUT2D eigenvalue weighted by Crippen LogP contribution is -1.97. The van der Waals surface area contributed by atoms with Crippen molar-refractivity contribution in [3.05, 3.63) is 62.1 Å². The van der Waals surface area contributed by atoms with Crippen LogP contribution in [0.25, 0.3) is 0 Å². The lowest BCUT2D eigenvalue weighted by atomic mass is 10.2. The maximum absolute atomic E-state index is 13.5. The van der Waals surface area contributed by atoms with Gasteiger partial charge in [0.1, 0.15) is 29.0 Å². The molecule has 0 aliphatic rings. The summed E-state index contributed by atoms with van der Waals surface area (Å²) >= 11 is 2.83. The average Bonchev–Trinajstić information content (AvgIpc) is 2.42. The van der Waals surface area contributed by atoms with Gasteiger partial charge in [-0.05, 0) is 28.1 Å². The Morgan fingerprint density at radius 3 is 2.57 bits per heavy atom. The van der Waals surface area contributed by atoms with Crippen molar-refractivity contribution < 1.29 is 18.4 Å². The molecule has 0 amide bonds. The molecule has 2 rings (SSSR count). The van der Waals surface area contributed by atoms with Crippen LogP contribution in [0.1, 0.15) is 5.56 Å². The van der Waals surface area contributed by atoms with Crippen LogP contribution in [0.3, 0.4) is 0 Å². The molecule has 5 nitrogen and oxygen atoms in total. The molecule has 2 aromatic carbocycles. The highest BCUT2D eigenvalue weighted by atomic mass is 79.9. The number of nitro groups is 1. The molecule has 0 atom stereocenters. The zero-order valence-corrected chi connectivity index (χ0v) is 11.7. The first-order valence-corrected chi connectivity index (χ1v) is 6.23. The van der Waals surface area contributed by atoms with Crippen LogP contribution in [0.5, 0.6) is 11.5 Å². The number of nitrogens with zero attached hydrogens (tertiary/aromatic N) is 2. The van der Waals surface area contributed by atoms with Crippen molar-refractivity contribution in [3.63, 3.8) is 0 Å². The van der Waals surface area contributed by atoms with Crippen molar-refractivity contribution in [3.8, 4) is 17.6 Å². The van der Waals surface area contributed by atoms with Gasteiger partial charge in [0.2, 0.25) is 5.75 Å². The van der Waals surface area contributed by atoms with Gasteiger partial charge in [0.25, 0.3) is 0 Å². The summed E-state index contributed by atoms with van der Waals surface area (Å²) in [6.07, 6.45) is 0. The molecule has 106 valence electrons. The number of halogens is 3. The largest absolute Gasteiger partial charge is 0.449 e. The van der Waals surface area contributed by atoms with Crippen molar-refractivity contribution in [2.45, 2.75) is 0 Å². The van der Waals surface area contributed by atoms with E-state index in [9.17, 15) is 18.9 Å². The maximum atomic E-state index is 13.5. The molecule has 0 fully saturated rings. The Hall–Kier alpha value is -2.53. The van der Waals surface area contributed by atoms with Crippen molar-refractivity contribution in [1.29, 1.82) is 5.26 Å². The molecule has 0 N–H and O–H groups in total. The van der Waals surface area contributed by atoms with E-state index < -0.39 is 33.6 Å². The second kappa shape index (κ2) is 5.85. The van der Waals surface area contributed by atoms with Crippen LogP contribution in [-0.4, -0.2) is 4.92 Å². The fourth-order valence-corrected chi connectivity index (χ4v) is 1.89. The average molecular weight is 355 g/mol. The maximum Gasteiger partial charge on any atom is 0.312 e. The third kappa shape index (κ3) is 2.98. The SMILES string of the molecule is N#Cc1c(F)cccc1Oc1cc(F)c(Br)cc1[N+](=O)[O-]. The Morgan fingerprint density at radius 1 is 1.24 bits per heavy atom. The standard InChI is InChI=1S/C13H5BrF2N2O3/c14-8-4-11(18(19)20)13(5-10(8)16)21-12-3-1-2-9(15)7(12)6-17/h1-5H. The normalized spacial score (nSPS) is 10.0. The van der Waals surface area contributed by atoms with E-state index in [0.29, 0.717) is 0 Å². The van der Waals surface area contributed by atoms with Crippen molar-refractivity contribution >= 4 is 21.6 Å². The Kier molecular flexibility index (Phi) is 4.14. The topological polar surface area (TPSA) is 76.2 Å². The van der Waals surface area contributed by atoms with E-state index in [0.717, 1.165) is 18.2 Å². The highest BCUT2D eigenvalue weighted by Crippen LogP contribution is 2.36. The molecule has 0 aliphatic heterocycles. The molecule has 0 aromatic heterocycles. The van der Waals surface area contributed by atoms with E-state index in [1.807, 2.05) is 0 Å². The number of benzene rings is 2. The van der Waals surface area contributed by atoms with E-state index in [4.69, 9.17) is 10.00 Å². The third-order valence-electron chi connectivity index (χ3n) is 2.51. The van der Waals surface area contributed by atoms with Crippen LogP contribution in [-0.2, 0) is 0 Å². The first-order chi connectivity index (χ1) is 9.93. The fraction of sp³-hybridized carbons (Fsp3) is 0. The summed E-state index contributed by atoms with van der Waals surface area (Å²) in [4.78, 5) is 10.2. The summed E-state index contributed by atoms with van der Waals surface area (Å²) in [5.74, 6) is -2.29. The second-order valence-corrected chi connectivity index (χ2v) is 4.67. The van der Waals surface area contributed by atoms with Crippen LogP contribution < -0.4 is 4.74 Å². The van der Waals surface area contributed by atoms with E-state index >= 15 is 0 Å². The molecule has 0 aliphatic carbocycles. The fourth-order valence-electron chi connectivity index (χ4n) is 1.56. The molecule has 21 heavy (non-hydrogen) atoms. The second-order valence-electron chi connectivity index (χ2n) is 3.82. The summed E-state index contributed by atoms with van der Waals surface area (Å²) in [6, 6.07) is 6.87. The van der Waals surface area contributed by atoms with Gasteiger partial charge >= 0.3 is 5.69 Å². The molecule has 0 radical (unpaired) electrons. The number of ether oxygens (including phenoxy) is 1. The first-order valence-electron chi connectivity index (χ1n) is 5.44. The number of hydrogen-bond acceptors (Lipinski definition) is 4. The molecule has 0 saturated heterocycles. The molecule has 2 aromatic rings. The van der Waals surface area contributed by atoms with Crippen LogP contribution in [0.2, 0.25) is 0 Å². The van der Waals surface area contributed by atoms with Gasteiger partial charge in [-0.3, -0.25) is 10.1 Å². The molecule has 0 spiro atoms. The van der Waals surface area contributed by atoms with Gasteiger partial charge in [0, 0.05) is 12.1 Å². The summed E-state index contributed by atoms with van der Waals surface area (Å²) < 4.78 is 32.0. The van der Waals surface area contributed by atoms with Gasteiger partial charge in [-0.2, -0.15) is 5.26 Å². The predicted octanol–water partition coefficient (Wildman–Crippen LogP) is 4.30. The van der Waals surface area contributed by atoms with Crippen molar-refractivity contribution in [2.24, 2.45) is 0 Å².